The molecule has 2 unspecified atom stereocenters. The van der Waals surface area contributed by atoms with Crippen molar-refractivity contribution in [2.75, 3.05) is 25.6 Å². The summed E-state index contributed by atoms with van der Waals surface area (Å²) in [5.74, 6) is 1.84. The van der Waals surface area contributed by atoms with Gasteiger partial charge in [-0.05, 0) is 61.7 Å². The Balaban J connectivity index is 1.10. The van der Waals surface area contributed by atoms with Gasteiger partial charge in [-0.3, -0.25) is 0 Å². The van der Waals surface area contributed by atoms with Crippen LogP contribution in [0.5, 0.6) is 5.88 Å². The van der Waals surface area contributed by atoms with Crippen LogP contribution in [0.3, 0.4) is 0 Å². The second kappa shape index (κ2) is 12.3. The molecule has 1 aliphatic heterocycles. The summed E-state index contributed by atoms with van der Waals surface area (Å²) < 4.78 is 50.4. The maximum Gasteiger partial charge on any atom is 0.451 e. The number of hydrogen-bond donors (Lipinski definition) is 4. The van der Waals surface area contributed by atoms with Crippen molar-refractivity contribution >= 4 is 5.82 Å². The van der Waals surface area contributed by atoms with Crippen molar-refractivity contribution in [2.24, 2.45) is 29.6 Å². The van der Waals surface area contributed by atoms with E-state index in [0.29, 0.717) is 18.3 Å². The molecule has 0 aromatic carbocycles. The molecule has 3 saturated carbocycles. The van der Waals surface area contributed by atoms with Gasteiger partial charge >= 0.3 is 6.18 Å². The number of methoxy groups -OCH3 is 1. The average molecular weight is 572 g/mol. The van der Waals surface area contributed by atoms with E-state index in [9.17, 15) is 28.5 Å². The Labute approximate surface area is 234 Å². The van der Waals surface area contributed by atoms with Gasteiger partial charge in [0.2, 0.25) is 11.7 Å². The van der Waals surface area contributed by atoms with Crippen molar-refractivity contribution in [3.63, 3.8) is 0 Å². The van der Waals surface area contributed by atoms with Gasteiger partial charge in [-0.2, -0.15) is 18.2 Å². The molecule has 4 aliphatic rings. The van der Waals surface area contributed by atoms with Crippen molar-refractivity contribution < 1.29 is 38.0 Å². The molecule has 4 N–H and O–H groups in total. The van der Waals surface area contributed by atoms with E-state index < -0.39 is 42.5 Å². The number of nitrogens with zero attached hydrogens (tertiary/aromatic N) is 2. The summed E-state index contributed by atoms with van der Waals surface area (Å²) >= 11 is 0. The first kappa shape index (κ1) is 29.8. The molecule has 0 amide bonds. The number of hydrogen-bond acceptors (Lipinski definition) is 8. The molecule has 0 radical (unpaired) electrons. The highest BCUT2D eigenvalue weighted by Crippen LogP contribution is 2.48. The minimum Gasteiger partial charge on any atom is -0.481 e. The summed E-state index contributed by atoms with van der Waals surface area (Å²) in [5.41, 5.74) is -1.31. The highest BCUT2D eigenvalue weighted by molar-refractivity contribution is 5.40. The summed E-state index contributed by atoms with van der Waals surface area (Å²) in [4.78, 5) is 6.81. The first-order valence-corrected chi connectivity index (χ1v) is 15.0. The first-order valence-electron chi connectivity index (χ1n) is 15.0. The van der Waals surface area contributed by atoms with E-state index in [1.54, 1.807) is 0 Å². The standard InChI is InChI=1S/C29H44F3N3O5/c1-39-24-13-23(34-27(35-24)29(30,31)32)33-22-15-40-28(16-36,26(38)25(22)37)14-19-10-18(11-19)7-6-17-8-9-21(12-17)20-4-2-3-5-20/h13,17-22,25-26,36-38H,2-12,14-16H2,1H3,(H,33,34,35)/t17?,18?,19?,21?,22-,25+,26+,28-/m0/s1. The third-order valence-electron chi connectivity index (χ3n) is 10.2. The van der Waals surface area contributed by atoms with Crippen LogP contribution in [-0.4, -0.2) is 69.5 Å². The minimum atomic E-state index is -4.78. The molecule has 1 saturated heterocycles. The van der Waals surface area contributed by atoms with Gasteiger partial charge in [0.25, 0.3) is 0 Å². The molecule has 40 heavy (non-hydrogen) atoms. The number of anilines is 1. The molecule has 6 atom stereocenters. The summed E-state index contributed by atoms with van der Waals surface area (Å²) in [6, 6.07) is 0.237. The number of aliphatic hydroxyl groups excluding tert-OH is 3. The summed E-state index contributed by atoms with van der Waals surface area (Å²) in [7, 11) is 1.19. The van der Waals surface area contributed by atoms with Crippen LogP contribution in [0.4, 0.5) is 19.0 Å². The van der Waals surface area contributed by atoms with E-state index in [1.807, 2.05) is 0 Å². The number of rotatable bonds is 10. The van der Waals surface area contributed by atoms with Crippen LogP contribution in [0.1, 0.15) is 82.9 Å². The molecular weight excluding hydrogens is 527 g/mol. The van der Waals surface area contributed by atoms with Gasteiger partial charge in [-0.1, -0.05) is 44.9 Å². The van der Waals surface area contributed by atoms with Crippen molar-refractivity contribution in [1.82, 2.24) is 9.97 Å². The number of halogens is 3. The first-order chi connectivity index (χ1) is 19.1. The van der Waals surface area contributed by atoms with Gasteiger partial charge < -0.3 is 30.1 Å². The fourth-order valence-corrected chi connectivity index (χ4v) is 7.87. The average Bonchev–Trinajstić information content (AvgIpc) is 3.61. The van der Waals surface area contributed by atoms with Crippen LogP contribution in [0.25, 0.3) is 0 Å². The predicted octanol–water partition coefficient (Wildman–Crippen LogP) is 4.57. The zero-order chi connectivity index (χ0) is 28.5. The maximum absolute atomic E-state index is 13.2. The Kier molecular flexibility index (Phi) is 9.14. The van der Waals surface area contributed by atoms with Crippen molar-refractivity contribution in [3.05, 3.63) is 11.9 Å². The van der Waals surface area contributed by atoms with Crippen LogP contribution in [0, 0.1) is 29.6 Å². The van der Waals surface area contributed by atoms with Crippen LogP contribution < -0.4 is 10.1 Å². The molecule has 8 nitrogen and oxygen atoms in total. The molecule has 4 fully saturated rings. The summed E-state index contributed by atoms with van der Waals surface area (Å²) in [5, 5.41) is 34.8. The third-order valence-corrected chi connectivity index (χ3v) is 10.2. The van der Waals surface area contributed by atoms with E-state index in [1.165, 1.54) is 71.0 Å². The zero-order valence-corrected chi connectivity index (χ0v) is 23.3. The Bertz CT molecular complexity index is 988. The Morgan fingerprint density at radius 1 is 1.00 bits per heavy atom. The summed E-state index contributed by atoms with van der Waals surface area (Å²) in [6.45, 7) is -0.574. The molecule has 0 spiro atoms. The van der Waals surface area contributed by atoms with Gasteiger partial charge in [0.05, 0.1) is 26.4 Å². The Morgan fingerprint density at radius 3 is 2.40 bits per heavy atom. The number of ether oxygens (including phenoxy) is 2. The van der Waals surface area contributed by atoms with Gasteiger partial charge in [-0.25, -0.2) is 4.98 Å². The van der Waals surface area contributed by atoms with Gasteiger partial charge in [0.15, 0.2) is 0 Å². The second-order valence-corrected chi connectivity index (χ2v) is 12.8. The smallest absolute Gasteiger partial charge is 0.451 e. The quantitative estimate of drug-likeness (QED) is 0.323. The van der Waals surface area contributed by atoms with Gasteiger partial charge in [-0.15, -0.1) is 0 Å². The molecule has 11 heteroatoms. The normalized spacial score (nSPS) is 36.9. The number of nitrogens with one attached hydrogen (secondary N) is 1. The van der Waals surface area contributed by atoms with E-state index in [0.717, 1.165) is 30.6 Å². The lowest BCUT2D eigenvalue weighted by Gasteiger charge is -2.49. The number of aliphatic hydroxyl groups is 3. The minimum absolute atomic E-state index is 0.119. The molecule has 1 aromatic rings. The zero-order valence-electron chi connectivity index (χ0n) is 23.3. The van der Waals surface area contributed by atoms with Crippen LogP contribution >= 0.6 is 0 Å². The second-order valence-electron chi connectivity index (χ2n) is 12.8. The molecule has 226 valence electrons. The van der Waals surface area contributed by atoms with E-state index in [-0.39, 0.29) is 18.3 Å². The van der Waals surface area contributed by atoms with Crippen molar-refractivity contribution in [1.29, 1.82) is 0 Å². The van der Waals surface area contributed by atoms with Gasteiger partial charge in [0.1, 0.15) is 23.6 Å². The lowest BCUT2D eigenvalue weighted by Crippen LogP contribution is -2.65. The van der Waals surface area contributed by atoms with Crippen LogP contribution in [0.15, 0.2) is 6.07 Å². The topological polar surface area (TPSA) is 117 Å². The van der Waals surface area contributed by atoms with E-state index in [4.69, 9.17) is 9.47 Å². The van der Waals surface area contributed by atoms with E-state index >= 15 is 0 Å². The third kappa shape index (κ3) is 6.52. The fourth-order valence-electron chi connectivity index (χ4n) is 7.87. The van der Waals surface area contributed by atoms with Crippen molar-refractivity contribution in [3.8, 4) is 5.88 Å². The van der Waals surface area contributed by atoms with Crippen LogP contribution in [-0.2, 0) is 10.9 Å². The highest BCUT2D eigenvalue weighted by Gasteiger charge is 2.52. The summed E-state index contributed by atoms with van der Waals surface area (Å²) in [6.07, 6.45) is 7.28. The molecule has 3 aliphatic carbocycles. The maximum atomic E-state index is 13.2. The van der Waals surface area contributed by atoms with Crippen LogP contribution in [0.2, 0.25) is 0 Å². The fraction of sp³-hybridized carbons (Fsp3) is 0.862. The number of aromatic nitrogens is 2. The largest absolute Gasteiger partial charge is 0.481 e. The molecule has 0 bridgehead atoms. The molecule has 5 rings (SSSR count). The number of alkyl halides is 3. The lowest BCUT2D eigenvalue weighted by molar-refractivity contribution is -0.226. The SMILES string of the molecule is COc1cc(N[C@H]2CO[C@](CO)(CC3CC(CCC4CCC(C5CCCC5)C4)C3)[C@H](O)[C@@H]2O)nc(C(F)(F)F)n1. The lowest BCUT2D eigenvalue weighted by atomic mass is 9.66. The highest BCUT2D eigenvalue weighted by atomic mass is 19.4. The Morgan fingerprint density at radius 2 is 1.73 bits per heavy atom. The van der Waals surface area contributed by atoms with Gasteiger partial charge in [0, 0.05) is 6.07 Å². The molecule has 2 heterocycles. The monoisotopic (exact) mass is 571 g/mol. The van der Waals surface area contributed by atoms with Crippen molar-refractivity contribution in [2.45, 2.75) is 107 Å². The predicted molar refractivity (Wildman–Crippen MR) is 142 cm³/mol. The molecule has 1 aromatic heterocycles. The van der Waals surface area contributed by atoms with E-state index in [2.05, 4.69) is 15.3 Å². The molecular formula is C29H44F3N3O5. The Hall–Kier alpha value is -1.69.